The molecule has 0 atom stereocenters. The summed E-state index contributed by atoms with van der Waals surface area (Å²) in [4.78, 5) is 15.8. The van der Waals surface area contributed by atoms with Gasteiger partial charge in [0.1, 0.15) is 0 Å². The number of hydrogen-bond donors (Lipinski definition) is 0. The maximum absolute atomic E-state index is 10.9. The lowest BCUT2D eigenvalue weighted by atomic mass is 10.2. The third-order valence-corrected chi connectivity index (χ3v) is 2.29. The minimum absolute atomic E-state index is 0.210. The number of halogens is 1. The topological polar surface area (TPSA) is 38.8 Å². The molecule has 1 fully saturated rings. The zero-order valence-corrected chi connectivity index (χ0v) is 8.42. The number of ether oxygens (including phenoxy) is 1. The largest absolute Gasteiger partial charge is 0.527 e. The molecule has 0 spiro atoms. The molecule has 1 rings (SSSR count). The number of carbonyl (C=O) groups excluding carboxylic acids is 1. The lowest BCUT2D eigenvalue weighted by Crippen LogP contribution is -2.36. The second-order valence-electron chi connectivity index (χ2n) is 2.88. The van der Waals surface area contributed by atoms with E-state index in [9.17, 15) is 4.79 Å². The SMILES string of the molecule is CCOC(=O)ON1CCC(Cl)CC1. The minimum atomic E-state index is -0.629. The molecule has 0 amide bonds. The molecular formula is C8H14ClNO3. The van der Waals surface area contributed by atoms with Crippen LogP contribution in [0.2, 0.25) is 0 Å². The van der Waals surface area contributed by atoms with Crippen molar-refractivity contribution in [3.8, 4) is 0 Å². The zero-order chi connectivity index (χ0) is 9.68. The Morgan fingerprint density at radius 2 is 2.15 bits per heavy atom. The molecule has 1 saturated heterocycles. The fourth-order valence-electron chi connectivity index (χ4n) is 1.17. The summed E-state index contributed by atoms with van der Waals surface area (Å²) < 4.78 is 4.64. The molecule has 0 unspecified atom stereocenters. The van der Waals surface area contributed by atoms with Crippen LogP contribution in [0.5, 0.6) is 0 Å². The van der Waals surface area contributed by atoms with E-state index in [2.05, 4.69) is 4.74 Å². The van der Waals surface area contributed by atoms with Gasteiger partial charge in [0.2, 0.25) is 0 Å². The van der Waals surface area contributed by atoms with Crippen LogP contribution in [0.25, 0.3) is 0 Å². The van der Waals surface area contributed by atoms with Crippen LogP contribution in [-0.2, 0) is 9.57 Å². The number of carbonyl (C=O) groups is 1. The number of hydroxylamine groups is 2. The van der Waals surface area contributed by atoms with Crippen LogP contribution in [0.1, 0.15) is 19.8 Å². The van der Waals surface area contributed by atoms with E-state index in [-0.39, 0.29) is 5.38 Å². The Balaban J connectivity index is 2.18. The van der Waals surface area contributed by atoms with E-state index in [0.717, 1.165) is 12.8 Å². The van der Waals surface area contributed by atoms with Crippen LogP contribution in [0.4, 0.5) is 4.79 Å². The van der Waals surface area contributed by atoms with Gasteiger partial charge in [0, 0.05) is 18.5 Å². The lowest BCUT2D eigenvalue weighted by molar-refractivity contribution is -0.135. The van der Waals surface area contributed by atoms with Gasteiger partial charge in [-0.1, -0.05) is 0 Å². The van der Waals surface area contributed by atoms with Gasteiger partial charge >= 0.3 is 6.16 Å². The zero-order valence-electron chi connectivity index (χ0n) is 7.66. The average molecular weight is 208 g/mol. The van der Waals surface area contributed by atoms with Crippen molar-refractivity contribution >= 4 is 17.8 Å². The highest BCUT2D eigenvalue weighted by Crippen LogP contribution is 2.15. The molecule has 0 aromatic rings. The number of nitrogens with zero attached hydrogens (tertiary/aromatic N) is 1. The van der Waals surface area contributed by atoms with E-state index < -0.39 is 6.16 Å². The van der Waals surface area contributed by atoms with Crippen LogP contribution in [0.3, 0.4) is 0 Å². The van der Waals surface area contributed by atoms with Gasteiger partial charge in [-0.05, 0) is 19.8 Å². The van der Waals surface area contributed by atoms with Gasteiger partial charge in [-0.15, -0.1) is 16.7 Å². The molecule has 0 aromatic heterocycles. The Morgan fingerprint density at radius 1 is 1.54 bits per heavy atom. The van der Waals surface area contributed by atoms with E-state index in [1.165, 1.54) is 0 Å². The van der Waals surface area contributed by atoms with Crippen molar-refractivity contribution in [1.82, 2.24) is 5.06 Å². The smallest absolute Gasteiger partial charge is 0.433 e. The number of piperidine rings is 1. The third-order valence-electron chi connectivity index (χ3n) is 1.85. The van der Waals surface area contributed by atoms with E-state index >= 15 is 0 Å². The summed E-state index contributed by atoms with van der Waals surface area (Å²) in [6.45, 7) is 3.46. The van der Waals surface area contributed by atoms with Crippen molar-refractivity contribution in [3.63, 3.8) is 0 Å². The molecular weight excluding hydrogens is 194 g/mol. The third kappa shape index (κ3) is 3.83. The molecule has 4 nitrogen and oxygen atoms in total. The molecule has 0 aromatic carbocycles. The Labute approximate surface area is 82.7 Å². The summed E-state index contributed by atoms with van der Waals surface area (Å²) in [5.74, 6) is 0. The van der Waals surface area contributed by atoms with Gasteiger partial charge in [0.15, 0.2) is 0 Å². The molecule has 76 valence electrons. The van der Waals surface area contributed by atoms with Crippen LogP contribution in [0.15, 0.2) is 0 Å². The van der Waals surface area contributed by atoms with Gasteiger partial charge in [0.05, 0.1) is 6.61 Å². The fraction of sp³-hybridized carbons (Fsp3) is 0.875. The number of rotatable bonds is 2. The lowest BCUT2D eigenvalue weighted by Gasteiger charge is -2.26. The normalized spacial score (nSPS) is 19.8. The standard InChI is InChI=1S/C8H14ClNO3/c1-2-12-8(11)13-10-5-3-7(9)4-6-10/h7H,2-6H2,1H3. The fourth-order valence-corrected chi connectivity index (χ4v) is 1.36. The van der Waals surface area contributed by atoms with Crippen molar-refractivity contribution in [2.75, 3.05) is 19.7 Å². The quantitative estimate of drug-likeness (QED) is 0.511. The van der Waals surface area contributed by atoms with Crippen molar-refractivity contribution < 1.29 is 14.4 Å². The van der Waals surface area contributed by atoms with Crippen molar-refractivity contribution in [1.29, 1.82) is 0 Å². The molecule has 0 bridgehead atoms. The summed E-state index contributed by atoms with van der Waals surface area (Å²) in [6.07, 6.45) is 1.07. The summed E-state index contributed by atoms with van der Waals surface area (Å²) in [5.41, 5.74) is 0. The minimum Gasteiger partial charge on any atom is -0.433 e. The van der Waals surface area contributed by atoms with E-state index in [1.807, 2.05) is 0 Å². The van der Waals surface area contributed by atoms with Crippen LogP contribution < -0.4 is 0 Å². The molecule has 13 heavy (non-hydrogen) atoms. The van der Waals surface area contributed by atoms with Crippen molar-refractivity contribution in [2.45, 2.75) is 25.1 Å². The Hall–Kier alpha value is -0.480. The first kappa shape index (κ1) is 10.6. The molecule has 1 aliphatic heterocycles. The summed E-state index contributed by atoms with van der Waals surface area (Å²) in [6, 6.07) is 0. The van der Waals surface area contributed by atoms with E-state index in [4.69, 9.17) is 16.4 Å². The first-order chi connectivity index (χ1) is 6.22. The van der Waals surface area contributed by atoms with Crippen LogP contribution >= 0.6 is 11.6 Å². The monoisotopic (exact) mass is 207 g/mol. The summed E-state index contributed by atoms with van der Waals surface area (Å²) in [7, 11) is 0. The number of hydrogen-bond acceptors (Lipinski definition) is 4. The average Bonchev–Trinajstić information content (AvgIpc) is 2.09. The predicted molar refractivity (Wildman–Crippen MR) is 48.6 cm³/mol. The Morgan fingerprint density at radius 3 is 2.69 bits per heavy atom. The van der Waals surface area contributed by atoms with Gasteiger partial charge < -0.3 is 9.57 Å². The highest BCUT2D eigenvalue weighted by atomic mass is 35.5. The van der Waals surface area contributed by atoms with Crippen molar-refractivity contribution in [2.24, 2.45) is 0 Å². The maximum Gasteiger partial charge on any atom is 0.527 e. The number of alkyl halides is 1. The van der Waals surface area contributed by atoms with E-state index in [0.29, 0.717) is 19.7 Å². The molecule has 0 aliphatic carbocycles. The molecule has 5 heteroatoms. The Bertz CT molecular complexity index is 169. The van der Waals surface area contributed by atoms with Gasteiger partial charge in [-0.25, -0.2) is 4.79 Å². The molecule has 1 heterocycles. The van der Waals surface area contributed by atoms with Gasteiger partial charge in [0.25, 0.3) is 0 Å². The van der Waals surface area contributed by atoms with E-state index in [1.54, 1.807) is 12.0 Å². The maximum atomic E-state index is 10.9. The van der Waals surface area contributed by atoms with Crippen LogP contribution in [0, 0.1) is 0 Å². The molecule has 1 aliphatic rings. The Kier molecular flexibility index (Phi) is 4.32. The predicted octanol–water partition coefficient (Wildman–Crippen LogP) is 1.78. The molecule has 0 radical (unpaired) electrons. The first-order valence-corrected chi connectivity index (χ1v) is 4.89. The molecule has 0 saturated carbocycles. The highest BCUT2D eigenvalue weighted by Gasteiger charge is 2.20. The summed E-state index contributed by atoms with van der Waals surface area (Å²) >= 11 is 5.88. The van der Waals surface area contributed by atoms with Gasteiger partial charge in [-0.3, -0.25) is 0 Å². The second kappa shape index (κ2) is 5.29. The van der Waals surface area contributed by atoms with Crippen LogP contribution in [-0.4, -0.2) is 36.3 Å². The van der Waals surface area contributed by atoms with Gasteiger partial charge in [-0.2, -0.15) is 0 Å². The summed E-state index contributed by atoms with van der Waals surface area (Å²) in [5, 5.41) is 1.80. The second-order valence-corrected chi connectivity index (χ2v) is 3.50. The highest BCUT2D eigenvalue weighted by molar-refractivity contribution is 6.20. The van der Waals surface area contributed by atoms with Crippen molar-refractivity contribution in [3.05, 3.63) is 0 Å². The molecule has 0 N–H and O–H groups in total. The first-order valence-electron chi connectivity index (χ1n) is 4.46.